The van der Waals surface area contributed by atoms with Gasteiger partial charge in [0.1, 0.15) is 11.9 Å². The molecule has 0 unspecified atom stereocenters. The number of benzene rings is 1. The van der Waals surface area contributed by atoms with E-state index in [2.05, 4.69) is 15.0 Å². The highest BCUT2D eigenvalue weighted by molar-refractivity contribution is 6.32. The summed E-state index contributed by atoms with van der Waals surface area (Å²) in [6.45, 7) is 1.92. The van der Waals surface area contributed by atoms with Crippen LogP contribution in [-0.4, -0.2) is 52.2 Å². The lowest BCUT2D eigenvalue weighted by molar-refractivity contribution is -0.274. The molecule has 1 aliphatic heterocycles. The standard InChI is InChI=1S/C22H23ClF3N3O4/c1-2-13-9-16(3-4-19(13)33-22(24,25)26)28-21(32)29-7-5-14(6-8-29)20-17(23)10-15(11-27-20)18(31)12-30/h3-5,9-11,18,30-31H,2,6-8,12H2,1H3,(H,28,32)/t18-/m1/s1. The number of aliphatic hydroxyl groups excluding tert-OH is 2. The van der Waals surface area contributed by atoms with Gasteiger partial charge < -0.3 is 25.2 Å². The molecule has 0 spiro atoms. The Morgan fingerprint density at radius 2 is 2.12 bits per heavy atom. The second kappa shape index (κ2) is 10.4. The molecule has 33 heavy (non-hydrogen) atoms. The van der Waals surface area contributed by atoms with Gasteiger partial charge in [-0.25, -0.2) is 4.79 Å². The van der Waals surface area contributed by atoms with Gasteiger partial charge in [0.2, 0.25) is 0 Å². The maximum atomic E-state index is 12.6. The molecule has 0 radical (unpaired) electrons. The lowest BCUT2D eigenvalue weighted by Gasteiger charge is -2.27. The molecule has 1 aromatic heterocycles. The Morgan fingerprint density at radius 1 is 1.36 bits per heavy atom. The van der Waals surface area contributed by atoms with E-state index in [1.165, 1.54) is 24.4 Å². The molecule has 0 bridgehead atoms. The topological polar surface area (TPSA) is 94.9 Å². The molecular weight excluding hydrogens is 463 g/mol. The Kier molecular flexibility index (Phi) is 7.83. The third-order valence-corrected chi connectivity index (χ3v) is 5.43. The molecule has 0 fully saturated rings. The first kappa shape index (κ1) is 24.8. The number of carbonyl (C=O) groups excluding carboxylic acids is 1. The number of hydrogen-bond acceptors (Lipinski definition) is 5. The zero-order chi connectivity index (χ0) is 24.2. The highest BCUT2D eigenvalue weighted by atomic mass is 35.5. The van der Waals surface area contributed by atoms with Crippen LogP contribution in [0.2, 0.25) is 5.02 Å². The van der Waals surface area contributed by atoms with Gasteiger partial charge in [-0.05, 0) is 48.2 Å². The summed E-state index contributed by atoms with van der Waals surface area (Å²) in [5, 5.41) is 21.8. The van der Waals surface area contributed by atoms with E-state index in [-0.39, 0.29) is 12.3 Å². The van der Waals surface area contributed by atoms with Crippen LogP contribution in [0, 0.1) is 0 Å². The minimum atomic E-state index is -4.79. The number of aromatic nitrogens is 1. The van der Waals surface area contributed by atoms with Crippen molar-refractivity contribution in [2.45, 2.75) is 32.2 Å². The molecule has 7 nitrogen and oxygen atoms in total. The minimum absolute atomic E-state index is 0.288. The van der Waals surface area contributed by atoms with Crippen molar-refractivity contribution >= 4 is 28.9 Å². The number of amides is 2. The van der Waals surface area contributed by atoms with E-state index in [4.69, 9.17) is 16.7 Å². The first-order valence-corrected chi connectivity index (χ1v) is 10.6. The summed E-state index contributed by atoms with van der Waals surface area (Å²) in [6, 6.07) is 5.15. The Balaban J connectivity index is 1.66. The second-order valence-electron chi connectivity index (χ2n) is 7.38. The van der Waals surface area contributed by atoms with Crippen molar-refractivity contribution in [1.82, 2.24) is 9.88 Å². The third kappa shape index (κ3) is 6.37. The van der Waals surface area contributed by atoms with Gasteiger partial charge in [0, 0.05) is 30.5 Å². The molecule has 178 valence electrons. The molecule has 1 aromatic carbocycles. The monoisotopic (exact) mass is 485 g/mol. The molecule has 3 N–H and O–H groups in total. The molecule has 3 rings (SSSR count). The number of aliphatic hydroxyl groups is 2. The summed E-state index contributed by atoms with van der Waals surface area (Å²) >= 11 is 6.28. The Hall–Kier alpha value is -2.82. The molecule has 2 aromatic rings. The zero-order valence-corrected chi connectivity index (χ0v) is 18.5. The van der Waals surface area contributed by atoms with Crippen LogP contribution in [0.3, 0.4) is 0 Å². The first-order chi connectivity index (χ1) is 15.6. The van der Waals surface area contributed by atoms with Crippen molar-refractivity contribution in [1.29, 1.82) is 0 Å². The van der Waals surface area contributed by atoms with Crippen LogP contribution in [0.1, 0.15) is 36.3 Å². The van der Waals surface area contributed by atoms with Crippen molar-refractivity contribution in [3.63, 3.8) is 0 Å². The number of nitrogens with zero attached hydrogens (tertiary/aromatic N) is 2. The number of ether oxygens (including phenoxy) is 1. The van der Waals surface area contributed by atoms with Gasteiger partial charge >= 0.3 is 12.4 Å². The van der Waals surface area contributed by atoms with E-state index in [1.807, 2.05) is 6.08 Å². The molecular formula is C22H23ClF3N3O4. The summed E-state index contributed by atoms with van der Waals surface area (Å²) in [5.74, 6) is -0.296. The smallest absolute Gasteiger partial charge is 0.406 e. The summed E-state index contributed by atoms with van der Waals surface area (Å²) < 4.78 is 41.6. The SMILES string of the molecule is CCc1cc(NC(=O)N2CC=C(c3ncc([C@H](O)CO)cc3Cl)CC2)ccc1OC(F)(F)F. The van der Waals surface area contributed by atoms with Crippen LogP contribution in [0.4, 0.5) is 23.7 Å². The normalized spacial score (nSPS) is 15.1. The number of rotatable bonds is 6. The predicted molar refractivity (Wildman–Crippen MR) is 117 cm³/mol. The van der Waals surface area contributed by atoms with E-state index >= 15 is 0 Å². The summed E-state index contributed by atoms with van der Waals surface area (Å²) in [7, 11) is 0. The second-order valence-corrected chi connectivity index (χ2v) is 7.78. The van der Waals surface area contributed by atoms with Crippen molar-refractivity contribution in [2.24, 2.45) is 0 Å². The largest absolute Gasteiger partial charge is 0.573 e. The van der Waals surface area contributed by atoms with E-state index in [0.29, 0.717) is 46.9 Å². The maximum absolute atomic E-state index is 12.6. The number of anilines is 1. The van der Waals surface area contributed by atoms with Crippen LogP contribution in [-0.2, 0) is 6.42 Å². The molecule has 0 saturated carbocycles. The summed E-state index contributed by atoms with van der Waals surface area (Å²) in [4.78, 5) is 18.5. The zero-order valence-electron chi connectivity index (χ0n) is 17.7. The molecule has 1 aliphatic rings. The van der Waals surface area contributed by atoms with Gasteiger partial charge in [0.15, 0.2) is 0 Å². The Morgan fingerprint density at radius 3 is 2.70 bits per heavy atom. The average Bonchev–Trinajstić information content (AvgIpc) is 2.78. The van der Waals surface area contributed by atoms with Crippen molar-refractivity contribution in [3.05, 3.63) is 58.4 Å². The number of hydrogen-bond donors (Lipinski definition) is 3. The van der Waals surface area contributed by atoms with Crippen LogP contribution < -0.4 is 10.1 Å². The lowest BCUT2D eigenvalue weighted by atomic mass is 10.0. The van der Waals surface area contributed by atoms with Crippen LogP contribution in [0.25, 0.3) is 5.57 Å². The van der Waals surface area contributed by atoms with E-state index < -0.39 is 25.1 Å². The first-order valence-electron chi connectivity index (χ1n) is 10.2. The van der Waals surface area contributed by atoms with Crippen molar-refractivity contribution in [3.8, 4) is 5.75 Å². The number of nitrogens with one attached hydrogen (secondary N) is 1. The average molecular weight is 486 g/mol. The predicted octanol–water partition coefficient (Wildman–Crippen LogP) is 4.54. The third-order valence-electron chi connectivity index (χ3n) is 5.14. The van der Waals surface area contributed by atoms with E-state index in [0.717, 1.165) is 5.57 Å². The lowest BCUT2D eigenvalue weighted by Crippen LogP contribution is -2.38. The molecule has 0 saturated heterocycles. The number of carbonyl (C=O) groups is 1. The minimum Gasteiger partial charge on any atom is -0.406 e. The van der Waals surface area contributed by atoms with Crippen molar-refractivity contribution < 1.29 is 32.9 Å². The molecule has 2 heterocycles. The fourth-order valence-corrected chi connectivity index (χ4v) is 3.70. The van der Waals surface area contributed by atoms with Gasteiger partial charge in [-0.2, -0.15) is 0 Å². The van der Waals surface area contributed by atoms with Crippen LogP contribution in [0.15, 0.2) is 36.5 Å². The Bertz CT molecular complexity index is 1050. The molecule has 11 heteroatoms. The number of halogens is 4. The van der Waals surface area contributed by atoms with Crippen LogP contribution >= 0.6 is 11.6 Å². The fraction of sp³-hybridized carbons (Fsp3) is 0.364. The molecule has 1 atom stereocenters. The van der Waals surface area contributed by atoms with E-state index in [9.17, 15) is 23.1 Å². The van der Waals surface area contributed by atoms with Gasteiger partial charge in [0.05, 0.1) is 17.3 Å². The summed E-state index contributed by atoms with van der Waals surface area (Å²) in [5.41, 5.74) is 2.47. The highest BCUT2D eigenvalue weighted by Gasteiger charge is 2.32. The Labute approximate surface area is 193 Å². The molecule has 2 amide bonds. The van der Waals surface area contributed by atoms with Crippen molar-refractivity contribution in [2.75, 3.05) is 25.0 Å². The van der Waals surface area contributed by atoms with E-state index in [1.54, 1.807) is 17.9 Å². The van der Waals surface area contributed by atoms with Crippen LogP contribution in [0.5, 0.6) is 5.75 Å². The van der Waals surface area contributed by atoms with Gasteiger partial charge in [-0.15, -0.1) is 13.2 Å². The quantitative estimate of drug-likeness (QED) is 0.558. The maximum Gasteiger partial charge on any atom is 0.573 e. The van der Waals surface area contributed by atoms with Gasteiger partial charge in [0.25, 0.3) is 0 Å². The number of urea groups is 1. The number of alkyl halides is 3. The summed E-state index contributed by atoms with van der Waals surface area (Å²) in [6.07, 6.45) is -1.81. The number of pyridine rings is 1. The highest BCUT2D eigenvalue weighted by Crippen LogP contribution is 2.31. The van der Waals surface area contributed by atoms with Gasteiger partial charge in [-0.1, -0.05) is 24.6 Å². The van der Waals surface area contributed by atoms with Gasteiger partial charge in [-0.3, -0.25) is 4.98 Å². The fourth-order valence-electron chi connectivity index (χ4n) is 3.41. The molecule has 0 aliphatic carbocycles. The number of aryl methyl sites for hydroxylation is 1.